The minimum atomic E-state index is -0.467. The first-order chi connectivity index (χ1) is 33.2. The summed E-state index contributed by atoms with van der Waals surface area (Å²) in [6.07, 6.45) is 23.5. The van der Waals surface area contributed by atoms with E-state index in [-0.39, 0.29) is 0 Å². The van der Waals surface area contributed by atoms with Crippen LogP contribution in [0.4, 0.5) is 17.1 Å². The van der Waals surface area contributed by atoms with Gasteiger partial charge in [0.2, 0.25) is 0 Å². The first-order valence-electron chi connectivity index (χ1n) is 25.1. The molecule has 8 aromatic rings. The van der Waals surface area contributed by atoms with Crippen LogP contribution in [0.15, 0.2) is 181 Å². The normalized spacial score (nSPS) is 17.7. The van der Waals surface area contributed by atoms with Gasteiger partial charge in [0.15, 0.2) is 0 Å². The van der Waals surface area contributed by atoms with E-state index in [0.29, 0.717) is 0 Å². The van der Waals surface area contributed by atoms with E-state index in [1.807, 2.05) is 0 Å². The molecular formula is C65H54N2. The number of fused-ring (bicyclic) bond motifs is 6. The molecule has 67 heavy (non-hydrogen) atoms. The molecule has 0 radical (unpaired) electrons. The number of allylic oxidation sites excluding steroid dienone is 5. The predicted molar refractivity (Wildman–Crippen MR) is 282 cm³/mol. The summed E-state index contributed by atoms with van der Waals surface area (Å²) in [5.74, 6) is 0. The van der Waals surface area contributed by atoms with Crippen LogP contribution in [0, 0.1) is 0 Å². The third kappa shape index (κ3) is 5.88. The number of para-hydroxylation sites is 1. The molecule has 2 heteroatoms. The number of benzene rings is 8. The van der Waals surface area contributed by atoms with Gasteiger partial charge in [-0.05, 0) is 188 Å². The van der Waals surface area contributed by atoms with Crippen molar-refractivity contribution in [2.45, 2.75) is 69.6 Å². The van der Waals surface area contributed by atoms with Gasteiger partial charge in [0, 0.05) is 41.1 Å². The van der Waals surface area contributed by atoms with Gasteiger partial charge in [0.05, 0.1) is 5.41 Å². The van der Waals surface area contributed by atoms with Crippen LogP contribution in [0.1, 0.15) is 89.5 Å². The standard InChI is InChI=1S/C65H54N2/c1-3-19-47(20-4-1)65(48-21-5-2-6-22-48)58-41-43(30-34-51(58)52-36-33-49(42-59(52)65)66-39-13-17-45-15-7-9-27-60(45)66)29-31-44-32-35-55-54-25-12-26-57-62(67-40-14-18-46-16-8-10-28-61(46)67)38-37-56(64(54)57)53-24-11-23-50(44)63(53)55/h1-8,10-11,15-16,19-24,26,28-31,33-34,36-38,41-42H,9,12-14,17-18,25,27,32,35,39-40H2/b31-29+. The molecule has 2 heterocycles. The lowest BCUT2D eigenvalue weighted by Gasteiger charge is -2.37. The van der Waals surface area contributed by atoms with E-state index >= 15 is 0 Å². The summed E-state index contributed by atoms with van der Waals surface area (Å²) in [4.78, 5) is 5.25. The van der Waals surface area contributed by atoms with Gasteiger partial charge in [-0.25, -0.2) is 0 Å². The van der Waals surface area contributed by atoms with Crippen LogP contribution >= 0.6 is 0 Å². The van der Waals surface area contributed by atoms with Crippen LogP contribution in [0.3, 0.4) is 0 Å². The molecule has 6 aliphatic rings. The maximum Gasteiger partial charge on any atom is 0.0714 e. The van der Waals surface area contributed by atoms with E-state index in [1.165, 1.54) is 130 Å². The Labute approximate surface area is 394 Å². The third-order valence-corrected chi connectivity index (χ3v) is 16.4. The zero-order valence-corrected chi connectivity index (χ0v) is 38.2. The third-order valence-electron chi connectivity index (χ3n) is 16.4. The molecular weight excluding hydrogens is 809 g/mol. The first-order valence-corrected chi connectivity index (χ1v) is 25.1. The smallest absolute Gasteiger partial charge is 0.0714 e. The SMILES string of the molecule is C1=CC2=C(CC1)N(c1ccc3c(c1)C(c1ccccc1)(c1ccccc1)c1cc(/C=C/C4=c5cccc6c5c(c5c7c(c(N8CCCc9ccccc98)ccc76)=CCC5)CC4)ccc1-3)CCC2. The molecule has 8 aromatic carbocycles. The fraction of sp³-hybridized carbons (Fsp3) is 0.200. The van der Waals surface area contributed by atoms with Crippen LogP contribution in [-0.2, 0) is 24.7 Å². The summed E-state index contributed by atoms with van der Waals surface area (Å²) < 4.78 is 0. The maximum absolute atomic E-state index is 2.64. The minimum Gasteiger partial charge on any atom is -0.345 e. The fourth-order valence-corrected chi connectivity index (χ4v) is 13.6. The highest BCUT2D eigenvalue weighted by atomic mass is 15.2. The lowest BCUT2D eigenvalue weighted by molar-refractivity contribution is 0.690. The summed E-state index contributed by atoms with van der Waals surface area (Å²) in [5, 5.41) is 8.65. The molecule has 0 saturated carbocycles. The van der Waals surface area contributed by atoms with Crippen LogP contribution in [-0.4, -0.2) is 13.1 Å². The minimum absolute atomic E-state index is 0.467. The fourth-order valence-electron chi connectivity index (χ4n) is 13.6. The average molecular weight is 863 g/mol. The van der Waals surface area contributed by atoms with Crippen molar-refractivity contribution in [1.29, 1.82) is 0 Å². The quantitative estimate of drug-likeness (QED) is 0.154. The molecule has 0 aromatic heterocycles. The van der Waals surface area contributed by atoms with Crippen molar-refractivity contribution in [3.63, 3.8) is 0 Å². The molecule has 2 nitrogen and oxygen atoms in total. The van der Waals surface area contributed by atoms with Gasteiger partial charge in [-0.15, -0.1) is 0 Å². The average Bonchev–Trinajstić information content (AvgIpc) is 3.69. The molecule has 0 saturated heterocycles. The maximum atomic E-state index is 2.64. The molecule has 2 aliphatic heterocycles. The van der Waals surface area contributed by atoms with E-state index in [2.05, 4.69) is 192 Å². The number of nitrogens with zero attached hydrogens (tertiary/aromatic N) is 2. The van der Waals surface area contributed by atoms with Crippen molar-refractivity contribution in [2.24, 2.45) is 0 Å². The van der Waals surface area contributed by atoms with E-state index in [9.17, 15) is 0 Å². The highest BCUT2D eigenvalue weighted by molar-refractivity contribution is 6.13. The second kappa shape index (κ2) is 15.5. The Morgan fingerprint density at radius 2 is 1.25 bits per heavy atom. The topological polar surface area (TPSA) is 6.48 Å². The van der Waals surface area contributed by atoms with E-state index in [1.54, 1.807) is 11.1 Å². The van der Waals surface area contributed by atoms with Crippen molar-refractivity contribution in [3.05, 3.63) is 236 Å². The summed E-state index contributed by atoms with van der Waals surface area (Å²) in [5.41, 5.74) is 22.0. The number of aryl methyl sites for hydroxylation is 3. The lowest BCUT2D eigenvalue weighted by atomic mass is 9.67. The Hall–Kier alpha value is -7.16. The molecule has 0 unspecified atom stereocenters. The van der Waals surface area contributed by atoms with Crippen molar-refractivity contribution in [3.8, 4) is 11.1 Å². The van der Waals surface area contributed by atoms with Gasteiger partial charge in [-0.2, -0.15) is 0 Å². The number of hydrogen-bond donors (Lipinski definition) is 0. The second-order valence-corrected chi connectivity index (χ2v) is 19.8. The highest BCUT2D eigenvalue weighted by Crippen LogP contribution is 2.57. The summed E-state index contributed by atoms with van der Waals surface area (Å²) in [7, 11) is 0. The Bertz CT molecular complexity index is 3550. The molecule has 0 atom stereocenters. The zero-order valence-electron chi connectivity index (χ0n) is 38.2. The number of anilines is 3. The molecule has 324 valence electrons. The summed E-state index contributed by atoms with van der Waals surface area (Å²) in [6.45, 7) is 2.14. The first kappa shape index (κ1) is 39.0. The Morgan fingerprint density at radius 3 is 2.12 bits per heavy atom. The molecule has 0 spiro atoms. The van der Waals surface area contributed by atoms with E-state index < -0.39 is 5.41 Å². The zero-order chi connectivity index (χ0) is 44.1. The van der Waals surface area contributed by atoms with Gasteiger partial charge >= 0.3 is 0 Å². The largest absolute Gasteiger partial charge is 0.345 e. The van der Waals surface area contributed by atoms with Crippen molar-refractivity contribution < 1.29 is 0 Å². The summed E-state index contributed by atoms with van der Waals surface area (Å²) in [6, 6.07) is 58.4. The molecule has 0 amide bonds. The van der Waals surface area contributed by atoms with Crippen LogP contribution in [0.5, 0.6) is 0 Å². The number of rotatable bonds is 6. The van der Waals surface area contributed by atoms with Gasteiger partial charge in [0.25, 0.3) is 0 Å². The van der Waals surface area contributed by atoms with Crippen LogP contribution in [0.2, 0.25) is 0 Å². The van der Waals surface area contributed by atoms with Crippen molar-refractivity contribution >= 4 is 56.3 Å². The summed E-state index contributed by atoms with van der Waals surface area (Å²) >= 11 is 0. The van der Waals surface area contributed by atoms with Gasteiger partial charge in [-0.1, -0.05) is 152 Å². The monoisotopic (exact) mass is 862 g/mol. The Kier molecular flexibility index (Phi) is 9.01. The highest BCUT2D eigenvalue weighted by Gasteiger charge is 2.46. The second-order valence-electron chi connectivity index (χ2n) is 19.8. The molecule has 0 N–H and O–H groups in total. The Morgan fingerprint density at radius 1 is 0.507 bits per heavy atom. The predicted octanol–water partition coefficient (Wildman–Crippen LogP) is 14.2. The number of hydrogen-bond acceptors (Lipinski definition) is 2. The van der Waals surface area contributed by atoms with Crippen LogP contribution < -0.4 is 20.2 Å². The van der Waals surface area contributed by atoms with Gasteiger partial charge in [0.1, 0.15) is 0 Å². The molecule has 0 bridgehead atoms. The van der Waals surface area contributed by atoms with Crippen molar-refractivity contribution in [2.75, 3.05) is 22.9 Å². The van der Waals surface area contributed by atoms with Gasteiger partial charge in [-0.3, -0.25) is 0 Å². The molecule has 14 rings (SSSR count). The van der Waals surface area contributed by atoms with E-state index in [4.69, 9.17) is 0 Å². The Balaban J connectivity index is 0.909. The van der Waals surface area contributed by atoms with Gasteiger partial charge < -0.3 is 9.80 Å². The van der Waals surface area contributed by atoms with Crippen LogP contribution in [0.25, 0.3) is 50.4 Å². The lowest BCUT2D eigenvalue weighted by Crippen LogP contribution is -2.31. The van der Waals surface area contributed by atoms with E-state index in [0.717, 1.165) is 58.0 Å². The molecule has 0 fully saturated rings. The van der Waals surface area contributed by atoms with Crippen molar-refractivity contribution in [1.82, 2.24) is 0 Å². The molecule has 4 aliphatic carbocycles.